The van der Waals surface area contributed by atoms with E-state index < -0.39 is 0 Å². The third-order valence-electron chi connectivity index (χ3n) is 1.87. The Morgan fingerprint density at radius 2 is 2.21 bits per heavy atom. The Bertz CT molecular complexity index is 419. The number of nitrogens with zero attached hydrogens (tertiary/aromatic N) is 1. The van der Waals surface area contributed by atoms with Crippen molar-refractivity contribution in [3.05, 3.63) is 23.3 Å². The smallest absolute Gasteiger partial charge is 0.161 e. The molecule has 0 bridgehead atoms. The largest absolute Gasteiger partial charge is 0.495 e. The highest BCUT2D eigenvalue weighted by Gasteiger charge is 2.11. The van der Waals surface area contributed by atoms with Gasteiger partial charge in [-0.1, -0.05) is 0 Å². The van der Waals surface area contributed by atoms with Gasteiger partial charge >= 0.3 is 0 Å². The molecule has 0 aliphatic rings. The van der Waals surface area contributed by atoms with Gasteiger partial charge in [-0.15, -0.1) is 0 Å². The number of ketones is 1. The summed E-state index contributed by atoms with van der Waals surface area (Å²) in [5, 5.41) is 8.76. The summed E-state index contributed by atoms with van der Waals surface area (Å²) in [6.07, 6.45) is 0. The fraction of sp³-hybridized carbons (Fsp3) is 0.200. The molecule has 0 saturated heterocycles. The highest BCUT2D eigenvalue weighted by molar-refractivity contribution is 5.97. The van der Waals surface area contributed by atoms with Crippen molar-refractivity contribution in [2.45, 2.75) is 6.92 Å². The van der Waals surface area contributed by atoms with E-state index >= 15 is 0 Å². The molecule has 4 heteroatoms. The third-order valence-corrected chi connectivity index (χ3v) is 1.87. The topological polar surface area (TPSA) is 76.1 Å². The molecule has 0 saturated carbocycles. The van der Waals surface area contributed by atoms with Crippen molar-refractivity contribution >= 4 is 11.5 Å². The molecular weight excluding hydrogens is 180 g/mol. The van der Waals surface area contributed by atoms with Crippen LogP contribution >= 0.6 is 0 Å². The Balaban J connectivity index is 3.42. The number of methoxy groups -OCH3 is 1. The van der Waals surface area contributed by atoms with Crippen LogP contribution in [0.25, 0.3) is 0 Å². The maximum absolute atomic E-state index is 11.2. The number of nitrogen functional groups attached to an aromatic ring is 1. The zero-order valence-electron chi connectivity index (χ0n) is 8.00. The zero-order chi connectivity index (χ0) is 10.7. The molecule has 0 fully saturated rings. The molecular formula is C10H10N2O2. The number of carbonyl (C=O) groups is 1. The number of anilines is 1. The molecule has 14 heavy (non-hydrogen) atoms. The second-order valence-corrected chi connectivity index (χ2v) is 2.81. The van der Waals surface area contributed by atoms with Crippen LogP contribution in [0.3, 0.4) is 0 Å². The number of Topliss-reactive ketones (excluding diaryl/α,β-unsaturated/α-hetero) is 1. The average molecular weight is 190 g/mol. The Hall–Kier alpha value is -2.02. The van der Waals surface area contributed by atoms with E-state index in [2.05, 4.69) is 0 Å². The van der Waals surface area contributed by atoms with Crippen LogP contribution in [0.1, 0.15) is 22.8 Å². The molecule has 0 unspecified atom stereocenters. The van der Waals surface area contributed by atoms with Gasteiger partial charge in [-0.25, -0.2) is 0 Å². The molecule has 0 aliphatic carbocycles. The van der Waals surface area contributed by atoms with Crippen LogP contribution in [0.15, 0.2) is 12.1 Å². The van der Waals surface area contributed by atoms with E-state index in [4.69, 9.17) is 15.7 Å². The summed E-state index contributed by atoms with van der Waals surface area (Å²) >= 11 is 0. The molecule has 0 spiro atoms. The van der Waals surface area contributed by atoms with Crippen LogP contribution in [-0.4, -0.2) is 12.9 Å². The van der Waals surface area contributed by atoms with Crippen LogP contribution in [0.4, 0.5) is 5.69 Å². The van der Waals surface area contributed by atoms with Gasteiger partial charge in [-0.05, 0) is 19.1 Å². The lowest BCUT2D eigenvalue weighted by atomic mass is 10.0. The summed E-state index contributed by atoms with van der Waals surface area (Å²) in [7, 11) is 1.46. The van der Waals surface area contributed by atoms with Crippen molar-refractivity contribution in [1.29, 1.82) is 5.26 Å². The number of rotatable bonds is 2. The number of hydrogen-bond donors (Lipinski definition) is 1. The van der Waals surface area contributed by atoms with Gasteiger partial charge in [-0.2, -0.15) is 5.26 Å². The van der Waals surface area contributed by atoms with E-state index in [1.807, 2.05) is 6.07 Å². The van der Waals surface area contributed by atoms with Gasteiger partial charge in [0.2, 0.25) is 0 Å². The van der Waals surface area contributed by atoms with Crippen LogP contribution in [0.5, 0.6) is 5.75 Å². The van der Waals surface area contributed by atoms with Gasteiger partial charge < -0.3 is 10.5 Å². The molecule has 4 nitrogen and oxygen atoms in total. The number of benzene rings is 1. The van der Waals surface area contributed by atoms with Crippen molar-refractivity contribution in [2.24, 2.45) is 0 Å². The Morgan fingerprint density at radius 1 is 1.57 bits per heavy atom. The first-order valence-corrected chi connectivity index (χ1v) is 3.98. The summed E-state index contributed by atoms with van der Waals surface area (Å²) in [5.74, 6) is 0.231. The number of ether oxygens (including phenoxy) is 1. The van der Waals surface area contributed by atoms with E-state index in [1.54, 1.807) is 0 Å². The molecule has 2 N–H and O–H groups in total. The quantitative estimate of drug-likeness (QED) is 0.564. The van der Waals surface area contributed by atoms with E-state index in [-0.39, 0.29) is 11.3 Å². The van der Waals surface area contributed by atoms with Crippen LogP contribution in [-0.2, 0) is 0 Å². The Kier molecular flexibility index (Phi) is 2.73. The summed E-state index contributed by atoms with van der Waals surface area (Å²) in [6, 6.07) is 4.84. The molecule has 0 radical (unpaired) electrons. The van der Waals surface area contributed by atoms with Gasteiger partial charge in [0.15, 0.2) is 5.78 Å². The Labute approximate surface area is 81.9 Å². The number of carbonyl (C=O) groups excluding carboxylic acids is 1. The lowest BCUT2D eigenvalue weighted by Crippen LogP contribution is -2.01. The van der Waals surface area contributed by atoms with Crippen molar-refractivity contribution in [2.75, 3.05) is 12.8 Å². The van der Waals surface area contributed by atoms with Gasteiger partial charge in [-0.3, -0.25) is 4.79 Å². The second-order valence-electron chi connectivity index (χ2n) is 2.81. The molecule has 1 rings (SSSR count). The molecule has 1 aromatic carbocycles. The highest BCUT2D eigenvalue weighted by Crippen LogP contribution is 2.25. The maximum atomic E-state index is 11.2. The van der Waals surface area contributed by atoms with Crippen molar-refractivity contribution in [1.82, 2.24) is 0 Å². The lowest BCUT2D eigenvalue weighted by molar-refractivity contribution is 0.101. The van der Waals surface area contributed by atoms with E-state index in [0.717, 1.165) is 0 Å². The van der Waals surface area contributed by atoms with E-state index in [1.165, 1.54) is 26.2 Å². The van der Waals surface area contributed by atoms with Gasteiger partial charge in [0.25, 0.3) is 0 Å². The third kappa shape index (κ3) is 1.67. The van der Waals surface area contributed by atoms with Crippen LogP contribution in [0.2, 0.25) is 0 Å². The van der Waals surface area contributed by atoms with Crippen LogP contribution < -0.4 is 10.5 Å². The number of hydrogen-bond acceptors (Lipinski definition) is 4. The Morgan fingerprint density at radius 3 is 2.64 bits per heavy atom. The average Bonchev–Trinajstić information content (AvgIpc) is 2.16. The summed E-state index contributed by atoms with van der Waals surface area (Å²) in [6.45, 7) is 1.39. The van der Waals surface area contributed by atoms with Gasteiger partial charge in [0, 0.05) is 5.56 Å². The monoisotopic (exact) mass is 190 g/mol. The van der Waals surface area contributed by atoms with Crippen molar-refractivity contribution in [3.63, 3.8) is 0 Å². The first-order chi connectivity index (χ1) is 6.60. The first kappa shape index (κ1) is 10.1. The maximum Gasteiger partial charge on any atom is 0.161 e. The second kappa shape index (κ2) is 3.79. The lowest BCUT2D eigenvalue weighted by Gasteiger charge is -2.07. The van der Waals surface area contributed by atoms with Gasteiger partial charge in [0.1, 0.15) is 5.75 Å². The summed E-state index contributed by atoms with van der Waals surface area (Å²) < 4.78 is 4.95. The number of nitrogens with two attached hydrogens (primary N) is 1. The standard InChI is InChI=1S/C10H10N2O2/c1-6(13)8-4-10(14-2)9(12)3-7(8)5-11/h3-4H,12H2,1-2H3. The number of nitriles is 1. The fourth-order valence-corrected chi connectivity index (χ4v) is 1.16. The highest BCUT2D eigenvalue weighted by atomic mass is 16.5. The molecule has 0 aliphatic heterocycles. The predicted molar refractivity (Wildman–Crippen MR) is 52.1 cm³/mol. The minimum atomic E-state index is -0.181. The minimum Gasteiger partial charge on any atom is -0.495 e. The summed E-state index contributed by atoms with van der Waals surface area (Å²) in [5.41, 5.74) is 6.55. The molecule has 1 aromatic rings. The van der Waals surface area contributed by atoms with E-state index in [9.17, 15) is 4.79 Å². The molecule has 0 atom stereocenters. The molecule has 0 heterocycles. The van der Waals surface area contributed by atoms with Crippen LogP contribution in [0, 0.1) is 11.3 Å². The molecule has 0 aromatic heterocycles. The van der Waals surface area contributed by atoms with E-state index in [0.29, 0.717) is 17.0 Å². The fourth-order valence-electron chi connectivity index (χ4n) is 1.16. The van der Waals surface area contributed by atoms with Crippen molar-refractivity contribution < 1.29 is 9.53 Å². The summed E-state index contributed by atoms with van der Waals surface area (Å²) in [4.78, 5) is 11.2. The zero-order valence-corrected chi connectivity index (χ0v) is 8.00. The normalized spacial score (nSPS) is 9.21. The van der Waals surface area contributed by atoms with Crippen molar-refractivity contribution in [3.8, 4) is 11.8 Å². The first-order valence-electron chi connectivity index (χ1n) is 3.98. The van der Waals surface area contributed by atoms with Gasteiger partial charge in [0.05, 0.1) is 24.4 Å². The minimum absolute atomic E-state index is 0.181. The SMILES string of the molecule is COc1cc(C(C)=O)c(C#N)cc1N. The molecule has 0 amide bonds. The predicted octanol–water partition coefficient (Wildman–Crippen LogP) is 1.35. The molecule has 72 valence electrons.